The average molecular weight is 318 g/mol. The van der Waals surface area contributed by atoms with Gasteiger partial charge in [0.25, 0.3) is 5.91 Å². The number of amides is 1. The van der Waals surface area contributed by atoms with Gasteiger partial charge in [-0.2, -0.15) is 0 Å². The SMILES string of the molecule is Cc1cc(CCC(C)C)oc(=O)c1C(=O)NCCn1cnnc1. The highest BCUT2D eigenvalue weighted by molar-refractivity contribution is 5.95. The number of aromatic nitrogens is 3. The summed E-state index contributed by atoms with van der Waals surface area (Å²) in [6, 6.07) is 1.78. The lowest BCUT2D eigenvalue weighted by molar-refractivity contribution is 0.0947. The molecule has 0 unspecified atom stereocenters. The Hall–Kier alpha value is -2.44. The molecule has 0 spiro atoms. The van der Waals surface area contributed by atoms with Gasteiger partial charge in [-0.1, -0.05) is 13.8 Å². The Bertz CT molecular complexity index is 705. The Balaban J connectivity index is 2.00. The second kappa shape index (κ2) is 7.71. The average Bonchev–Trinajstić information content (AvgIpc) is 2.97. The highest BCUT2D eigenvalue weighted by Crippen LogP contribution is 2.11. The second-order valence-electron chi connectivity index (χ2n) is 5.95. The molecule has 23 heavy (non-hydrogen) atoms. The Morgan fingerprint density at radius 2 is 2.04 bits per heavy atom. The minimum absolute atomic E-state index is 0.0713. The molecule has 0 radical (unpaired) electrons. The van der Waals surface area contributed by atoms with Crippen molar-refractivity contribution in [3.8, 4) is 0 Å². The number of nitrogens with one attached hydrogen (secondary N) is 1. The highest BCUT2D eigenvalue weighted by atomic mass is 16.4. The van der Waals surface area contributed by atoms with Gasteiger partial charge in [0.1, 0.15) is 24.0 Å². The van der Waals surface area contributed by atoms with Crippen molar-refractivity contribution in [3.05, 3.63) is 46.0 Å². The summed E-state index contributed by atoms with van der Waals surface area (Å²) in [6.07, 6.45) is 4.76. The van der Waals surface area contributed by atoms with E-state index in [2.05, 4.69) is 29.4 Å². The zero-order chi connectivity index (χ0) is 16.8. The molecule has 0 aliphatic heterocycles. The first kappa shape index (κ1) is 16.9. The molecule has 2 aromatic heterocycles. The predicted octanol–water partition coefficient (Wildman–Crippen LogP) is 1.56. The van der Waals surface area contributed by atoms with Crippen LogP contribution in [0.3, 0.4) is 0 Å². The molecule has 0 atom stereocenters. The van der Waals surface area contributed by atoms with Gasteiger partial charge < -0.3 is 14.3 Å². The first-order valence-electron chi connectivity index (χ1n) is 7.71. The third kappa shape index (κ3) is 4.77. The number of hydrogen-bond acceptors (Lipinski definition) is 5. The summed E-state index contributed by atoms with van der Waals surface area (Å²) < 4.78 is 7.01. The van der Waals surface area contributed by atoms with Gasteiger partial charge in [0, 0.05) is 19.5 Å². The molecule has 1 amide bonds. The number of hydrogen-bond donors (Lipinski definition) is 1. The van der Waals surface area contributed by atoms with E-state index in [-0.39, 0.29) is 5.56 Å². The van der Waals surface area contributed by atoms with Gasteiger partial charge in [-0.3, -0.25) is 4.79 Å². The lowest BCUT2D eigenvalue weighted by Crippen LogP contribution is -2.32. The quantitative estimate of drug-likeness (QED) is 0.836. The molecule has 7 nitrogen and oxygen atoms in total. The lowest BCUT2D eigenvalue weighted by atomic mass is 10.0. The molecule has 2 aromatic rings. The van der Waals surface area contributed by atoms with E-state index in [4.69, 9.17) is 4.42 Å². The summed E-state index contributed by atoms with van der Waals surface area (Å²) in [6.45, 7) is 6.90. The van der Waals surface area contributed by atoms with Gasteiger partial charge >= 0.3 is 5.63 Å². The minimum Gasteiger partial charge on any atom is -0.427 e. The van der Waals surface area contributed by atoms with Crippen molar-refractivity contribution in [1.29, 1.82) is 0 Å². The van der Waals surface area contributed by atoms with Crippen LogP contribution < -0.4 is 10.9 Å². The molecule has 0 bridgehead atoms. The maximum Gasteiger partial charge on any atom is 0.349 e. The second-order valence-corrected chi connectivity index (χ2v) is 5.95. The normalized spacial score (nSPS) is 11.0. The van der Waals surface area contributed by atoms with E-state index in [9.17, 15) is 9.59 Å². The number of carbonyl (C=O) groups excluding carboxylic acids is 1. The van der Waals surface area contributed by atoms with Crippen LogP contribution in [0.15, 0.2) is 27.9 Å². The third-order valence-corrected chi connectivity index (χ3v) is 3.52. The Kier molecular flexibility index (Phi) is 5.67. The van der Waals surface area contributed by atoms with Gasteiger partial charge in [0.15, 0.2) is 0 Å². The van der Waals surface area contributed by atoms with Gasteiger partial charge in [-0.15, -0.1) is 10.2 Å². The highest BCUT2D eigenvalue weighted by Gasteiger charge is 2.16. The van der Waals surface area contributed by atoms with Crippen LogP contribution in [-0.4, -0.2) is 27.2 Å². The molecule has 1 N–H and O–H groups in total. The standard InChI is InChI=1S/C16H22N4O3/c1-11(2)4-5-13-8-12(3)14(16(22)23-13)15(21)17-6-7-20-9-18-19-10-20/h8-11H,4-7H2,1-3H3,(H,17,21). The molecular weight excluding hydrogens is 296 g/mol. The van der Waals surface area contributed by atoms with Crippen LogP contribution >= 0.6 is 0 Å². The predicted molar refractivity (Wildman–Crippen MR) is 85.2 cm³/mol. The van der Waals surface area contributed by atoms with Crippen molar-refractivity contribution < 1.29 is 9.21 Å². The molecule has 0 saturated carbocycles. The number of carbonyl (C=O) groups is 1. The minimum atomic E-state index is -0.578. The molecule has 124 valence electrons. The molecule has 7 heteroatoms. The summed E-state index contributed by atoms with van der Waals surface area (Å²) in [4.78, 5) is 24.3. The Morgan fingerprint density at radius 1 is 1.35 bits per heavy atom. The van der Waals surface area contributed by atoms with Crippen LogP contribution in [-0.2, 0) is 13.0 Å². The maximum absolute atomic E-state index is 12.2. The van der Waals surface area contributed by atoms with E-state index < -0.39 is 11.5 Å². The molecule has 0 aliphatic carbocycles. The molecular formula is C16H22N4O3. The van der Waals surface area contributed by atoms with Crippen LogP contribution in [0.4, 0.5) is 0 Å². The van der Waals surface area contributed by atoms with E-state index in [1.807, 2.05) is 0 Å². The van der Waals surface area contributed by atoms with Gasteiger partial charge in [0.2, 0.25) is 0 Å². The summed E-state index contributed by atoms with van der Waals surface area (Å²) in [5.41, 5.74) is 0.134. The Morgan fingerprint density at radius 3 is 2.65 bits per heavy atom. The molecule has 2 heterocycles. The molecule has 0 aliphatic rings. The fraction of sp³-hybridized carbons (Fsp3) is 0.500. The van der Waals surface area contributed by atoms with Gasteiger partial charge in [0.05, 0.1) is 0 Å². The van der Waals surface area contributed by atoms with Crippen molar-refractivity contribution in [1.82, 2.24) is 20.1 Å². The van der Waals surface area contributed by atoms with Crippen LogP contribution in [0.5, 0.6) is 0 Å². The fourth-order valence-corrected chi connectivity index (χ4v) is 2.22. The van der Waals surface area contributed by atoms with E-state index in [0.29, 0.717) is 36.8 Å². The third-order valence-electron chi connectivity index (χ3n) is 3.52. The number of nitrogens with zero attached hydrogens (tertiary/aromatic N) is 3. The van der Waals surface area contributed by atoms with Crippen LogP contribution in [0.25, 0.3) is 0 Å². The number of aryl methyl sites for hydroxylation is 2. The van der Waals surface area contributed by atoms with E-state index in [1.165, 1.54) is 0 Å². The van der Waals surface area contributed by atoms with Crippen LogP contribution in [0.1, 0.15) is 41.9 Å². The Labute approximate surface area is 134 Å². The lowest BCUT2D eigenvalue weighted by Gasteiger charge is -2.09. The summed E-state index contributed by atoms with van der Waals surface area (Å²) in [5, 5.41) is 10.1. The maximum atomic E-state index is 12.2. The van der Waals surface area contributed by atoms with E-state index >= 15 is 0 Å². The largest absolute Gasteiger partial charge is 0.427 e. The fourth-order valence-electron chi connectivity index (χ4n) is 2.22. The van der Waals surface area contributed by atoms with E-state index in [0.717, 1.165) is 6.42 Å². The van der Waals surface area contributed by atoms with Crippen molar-refractivity contribution in [2.75, 3.05) is 6.54 Å². The monoisotopic (exact) mass is 318 g/mol. The van der Waals surface area contributed by atoms with Crippen molar-refractivity contribution in [2.45, 2.75) is 40.2 Å². The zero-order valence-corrected chi connectivity index (χ0v) is 13.7. The van der Waals surface area contributed by atoms with E-state index in [1.54, 1.807) is 30.2 Å². The molecule has 2 rings (SSSR count). The topological polar surface area (TPSA) is 90.0 Å². The summed E-state index contributed by atoms with van der Waals surface area (Å²) in [7, 11) is 0. The van der Waals surface area contributed by atoms with Crippen LogP contribution in [0, 0.1) is 12.8 Å². The zero-order valence-electron chi connectivity index (χ0n) is 13.7. The first-order valence-corrected chi connectivity index (χ1v) is 7.71. The van der Waals surface area contributed by atoms with Crippen molar-refractivity contribution in [2.24, 2.45) is 5.92 Å². The summed E-state index contributed by atoms with van der Waals surface area (Å²) in [5.74, 6) is 0.739. The molecule has 0 fully saturated rings. The molecule has 0 aromatic carbocycles. The van der Waals surface area contributed by atoms with Gasteiger partial charge in [-0.05, 0) is 30.9 Å². The molecule has 0 saturated heterocycles. The van der Waals surface area contributed by atoms with Crippen molar-refractivity contribution in [3.63, 3.8) is 0 Å². The smallest absolute Gasteiger partial charge is 0.349 e. The van der Waals surface area contributed by atoms with Crippen molar-refractivity contribution >= 4 is 5.91 Å². The summed E-state index contributed by atoms with van der Waals surface area (Å²) >= 11 is 0. The first-order chi connectivity index (χ1) is 11.0. The van der Waals surface area contributed by atoms with Gasteiger partial charge in [-0.25, -0.2) is 4.79 Å². The van der Waals surface area contributed by atoms with Crippen LogP contribution in [0.2, 0.25) is 0 Å². The number of rotatable bonds is 7.